The van der Waals surface area contributed by atoms with Gasteiger partial charge in [0.1, 0.15) is 11.5 Å². The molecule has 1 heterocycles. The lowest BCUT2D eigenvalue weighted by atomic mass is 10.00. The number of aliphatic hydroxyl groups is 1. The van der Waals surface area contributed by atoms with E-state index in [-0.39, 0.29) is 17.9 Å². The second-order valence-corrected chi connectivity index (χ2v) is 9.25. The molecule has 1 saturated heterocycles. The number of amides is 1. The minimum absolute atomic E-state index is 0.128. The third-order valence-corrected chi connectivity index (χ3v) is 6.47. The fourth-order valence-corrected chi connectivity index (χ4v) is 4.66. The lowest BCUT2D eigenvalue weighted by molar-refractivity contribution is -0.143. The highest BCUT2D eigenvalue weighted by Gasteiger charge is 2.30. The number of hydrogen-bond acceptors (Lipinski definition) is 5. The van der Waals surface area contributed by atoms with Crippen LogP contribution in [0, 0.1) is 0 Å². The molecule has 0 bridgehead atoms. The topological polar surface area (TPSA) is 76.1 Å². The zero-order valence-corrected chi connectivity index (χ0v) is 20.9. The van der Waals surface area contributed by atoms with Crippen molar-refractivity contribution in [3.63, 3.8) is 0 Å². The second-order valence-electron chi connectivity index (χ2n) is 9.25. The average molecular weight is 482 g/mol. The van der Waals surface area contributed by atoms with Crippen LogP contribution in [0.15, 0.2) is 54.6 Å². The first-order valence-corrected chi connectivity index (χ1v) is 13.0. The molecule has 6 heteroatoms. The molecule has 190 valence electrons. The molecule has 0 radical (unpaired) electrons. The number of carbonyl (C=O) groups is 2. The van der Waals surface area contributed by atoms with Crippen molar-refractivity contribution in [2.24, 2.45) is 0 Å². The van der Waals surface area contributed by atoms with Gasteiger partial charge in [0.05, 0.1) is 12.7 Å². The number of para-hydroxylation sites is 1. The minimum atomic E-state index is -0.456. The van der Waals surface area contributed by atoms with Crippen LogP contribution in [-0.4, -0.2) is 47.2 Å². The third kappa shape index (κ3) is 9.36. The molecule has 1 fully saturated rings. The first kappa shape index (κ1) is 26.7. The molecule has 2 atom stereocenters. The normalized spacial score (nSPS) is 16.3. The number of ether oxygens (including phenoxy) is 2. The van der Waals surface area contributed by atoms with Gasteiger partial charge < -0.3 is 19.5 Å². The Balaban J connectivity index is 1.37. The smallest absolute Gasteiger partial charge is 0.305 e. The van der Waals surface area contributed by atoms with E-state index in [9.17, 15) is 14.7 Å². The number of unbranched alkanes of at least 4 members (excludes halogenated alkanes) is 3. The highest BCUT2D eigenvalue weighted by Crippen LogP contribution is 2.26. The van der Waals surface area contributed by atoms with Crippen molar-refractivity contribution in [2.45, 2.75) is 83.3 Å². The fourth-order valence-electron chi connectivity index (χ4n) is 4.66. The molecule has 1 amide bonds. The maximum atomic E-state index is 12.4. The van der Waals surface area contributed by atoms with Crippen LogP contribution >= 0.6 is 0 Å². The van der Waals surface area contributed by atoms with Crippen molar-refractivity contribution in [2.75, 3.05) is 13.2 Å². The Morgan fingerprint density at radius 2 is 1.83 bits per heavy atom. The van der Waals surface area contributed by atoms with E-state index in [0.29, 0.717) is 32.3 Å². The van der Waals surface area contributed by atoms with E-state index < -0.39 is 6.10 Å². The molecule has 0 saturated carbocycles. The standard InChI is InChI=1S/C29H39NO5/c1-2-34-29(33)15-8-3-4-9-20-30-24(17-19-28(30)32)16-18-25(31)21-23-11-10-14-27(22-23)35-26-12-6-5-7-13-26/h5-7,10-14,22,24-25,31H,2-4,8-9,15-21H2,1H3/t24-,25?/m1/s1. The van der Waals surface area contributed by atoms with Crippen LogP contribution in [0.3, 0.4) is 0 Å². The summed E-state index contributed by atoms with van der Waals surface area (Å²) in [7, 11) is 0. The highest BCUT2D eigenvalue weighted by molar-refractivity contribution is 5.78. The number of hydrogen-bond donors (Lipinski definition) is 1. The molecule has 0 spiro atoms. The van der Waals surface area contributed by atoms with Gasteiger partial charge in [0.15, 0.2) is 0 Å². The number of esters is 1. The molecule has 0 aliphatic carbocycles. The van der Waals surface area contributed by atoms with Crippen LogP contribution in [0.25, 0.3) is 0 Å². The molecule has 35 heavy (non-hydrogen) atoms. The Labute approximate surface area is 209 Å². The molecule has 1 N–H and O–H groups in total. The van der Waals surface area contributed by atoms with Crippen LogP contribution in [0.5, 0.6) is 11.5 Å². The van der Waals surface area contributed by atoms with E-state index in [4.69, 9.17) is 9.47 Å². The van der Waals surface area contributed by atoms with Gasteiger partial charge in [-0.2, -0.15) is 0 Å². The second kappa shape index (κ2) is 14.5. The predicted octanol–water partition coefficient (Wildman–Crippen LogP) is 5.67. The Bertz CT molecular complexity index is 916. The molecule has 1 aliphatic heterocycles. The Morgan fingerprint density at radius 1 is 1.06 bits per heavy atom. The van der Waals surface area contributed by atoms with Crippen molar-refractivity contribution in [1.82, 2.24) is 4.90 Å². The number of rotatable bonds is 15. The summed E-state index contributed by atoms with van der Waals surface area (Å²) in [4.78, 5) is 25.8. The molecular formula is C29H39NO5. The lowest BCUT2D eigenvalue weighted by Crippen LogP contribution is -2.34. The molecule has 6 nitrogen and oxygen atoms in total. The summed E-state index contributed by atoms with van der Waals surface area (Å²) in [5.74, 6) is 1.64. The van der Waals surface area contributed by atoms with E-state index in [2.05, 4.69) is 0 Å². The number of nitrogens with zero attached hydrogens (tertiary/aromatic N) is 1. The first-order chi connectivity index (χ1) is 17.0. The predicted molar refractivity (Wildman–Crippen MR) is 136 cm³/mol. The molecule has 2 aromatic carbocycles. The van der Waals surface area contributed by atoms with E-state index >= 15 is 0 Å². The number of likely N-dealkylation sites (tertiary alicyclic amines) is 1. The molecular weight excluding hydrogens is 442 g/mol. The van der Waals surface area contributed by atoms with Crippen LogP contribution in [0.2, 0.25) is 0 Å². The van der Waals surface area contributed by atoms with Crippen LogP contribution < -0.4 is 4.74 Å². The van der Waals surface area contributed by atoms with E-state index in [1.165, 1.54) is 0 Å². The van der Waals surface area contributed by atoms with Crippen LogP contribution in [0.1, 0.15) is 70.3 Å². The Hall–Kier alpha value is -2.86. The zero-order valence-electron chi connectivity index (χ0n) is 20.9. The Kier molecular flexibility index (Phi) is 11.1. The van der Waals surface area contributed by atoms with Gasteiger partial charge in [-0.05, 0) is 75.3 Å². The molecule has 0 aromatic heterocycles. The quantitative estimate of drug-likeness (QED) is 0.262. The lowest BCUT2D eigenvalue weighted by Gasteiger charge is -2.26. The van der Waals surface area contributed by atoms with Gasteiger partial charge in [0, 0.05) is 25.4 Å². The summed E-state index contributed by atoms with van der Waals surface area (Å²) < 4.78 is 10.9. The van der Waals surface area contributed by atoms with Crippen molar-refractivity contribution in [3.05, 3.63) is 60.2 Å². The SMILES string of the molecule is CCOC(=O)CCCCCCN1C(=O)CC[C@H]1CCC(O)Cc1cccc(Oc2ccccc2)c1. The fraction of sp³-hybridized carbons (Fsp3) is 0.517. The maximum Gasteiger partial charge on any atom is 0.305 e. The summed E-state index contributed by atoms with van der Waals surface area (Å²) in [6, 6.07) is 17.7. The molecule has 2 aromatic rings. The average Bonchev–Trinajstić information content (AvgIpc) is 3.20. The summed E-state index contributed by atoms with van der Waals surface area (Å²) in [5.41, 5.74) is 1.04. The number of carbonyl (C=O) groups excluding carboxylic acids is 2. The van der Waals surface area contributed by atoms with Crippen molar-refractivity contribution >= 4 is 11.9 Å². The van der Waals surface area contributed by atoms with Crippen LogP contribution in [0.4, 0.5) is 0 Å². The van der Waals surface area contributed by atoms with Gasteiger partial charge in [-0.15, -0.1) is 0 Å². The van der Waals surface area contributed by atoms with Crippen molar-refractivity contribution in [1.29, 1.82) is 0 Å². The Morgan fingerprint density at radius 3 is 2.63 bits per heavy atom. The largest absolute Gasteiger partial charge is 0.466 e. The summed E-state index contributed by atoms with van der Waals surface area (Å²) in [6.45, 7) is 3.01. The first-order valence-electron chi connectivity index (χ1n) is 13.0. The highest BCUT2D eigenvalue weighted by atomic mass is 16.5. The van der Waals surface area contributed by atoms with Gasteiger partial charge in [-0.25, -0.2) is 0 Å². The van der Waals surface area contributed by atoms with Gasteiger partial charge >= 0.3 is 5.97 Å². The van der Waals surface area contributed by atoms with Gasteiger partial charge in [-0.1, -0.05) is 43.2 Å². The minimum Gasteiger partial charge on any atom is -0.466 e. The third-order valence-electron chi connectivity index (χ3n) is 6.47. The zero-order chi connectivity index (χ0) is 24.9. The van der Waals surface area contributed by atoms with E-state index in [1.807, 2.05) is 66.4 Å². The maximum absolute atomic E-state index is 12.4. The van der Waals surface area contributed by atoms with Gasteiger partial charge in [0.2, 0.25) is 5.91 Å². The molecule has 1 aliphatic rings. The van der Waals surface area contributed by atoms with Crippen molar-refractivity contribution < 1.29 is 24.2 Å². The monoisotopic (exact) mass is 481 g/mol. The summed E-state index contributed by atoms with van der Waals surface area (Å²) in [5, 5.41) is 10.7. The number of aliphatic hydroxyl groups excluding tert-OH is 1. The van der Waals surface area contributed by atoms with E-state index in [1.54, 1.807) is 0 Å². The molecule has 3 rings (SSSR count). The van der Waals surface area contributed by atoms with Crippen molar-refractivity contribution in [3.8, 4) is 11.5 Å². The molecule has 1 unspecified atom stereocenters. The van der Waals surface area contributed by atoms with E-state index in [0.717, 1.165) is 62.1 Å². The van der Waals surface area contributed by atoms with Crippen LogP contribution in [-0.2, 0) is 20.7 Å². The van der Waals surface area contributed by atoms with Gasteiger partial charge in [0.25, 0.3) is 0 Å². The number of benzene rings is 2. The summed E-state index contributed by atoms with van der Waals surface area (Å²) in [6.07, 6.45) is 7.28. The summed E-state index contributed by atoms with van der Waals surface area (Å²) >= 11 is 0. The van der Waals surface area contributed by atoms with Gasteiger partial charge in [-0.3, -0.25) is 9.59 Å².